The van der Waals surface area contributed by atoms with Gasteiger partial charge >= 0.3 is 0 Å². The van der Waals surface area contributed by atoms with Gasteiger partial charge in [0.05, 0.1) is 0 Å². The van der Waals surface area contributed by atoms with Crippen LogP contribution < -0.4 is 11.1 Å². The Bertz CT molecular complexity index is 117. The van der Waals surface area contributed by atoms with Gasteiger partial charge in [-0.05, 0) is 44.2 Å². The SMILES string of the molecule is CC(C)CCC(N)C1CCNC1. The molecule has 0 radical (unpaired) electrons. The molecule has 1 aliphatic heterocycles. The van der Waals surface area contributed by atoms with Crippen LogP contribution in [0.2, 0.25) is 0 Å². The van der Waals surface area contributed by atoms with Gasteiger partial charge in [-0.25, -0.2) is 0 Å². The summed E-state index contributed by atoms with van der Waals surface area (Å²) in [5.41, 5.74) is 6.09. The second-order valence-electron chi connectivity index (χ2n) is 4.39. The van der Waals surface area contributed by atoms with Crippen LogP contribution in [-0.2, 0) is 0 Å². The average Bonchev–Trinajstić information content (AvgIpc) is 2.51. The average molecular weight is 170 g/mol. The number of hydrogen-bond acceptors (Lipinski definition) is 2. The molecule has 1 saturated heterocycles. The molecule has 1 rings (SSSR count). The molecule has 0 amide bonds. The fourth-order valence-corrected chi connectivity index (χ4v) is 1.80. The van der Waals surface area contributed by atoms with Crippen molar-refractivity contribution in [2.45, 2.75) is 39.2 Å². The summed E-state index contributed by atoms with van der Waals surface area (Å²) in [5, 5.41) is 3.36. The van der Waals surface area contributed by atoms with E-state index >= 15 is 0 Å². The molecule has 1 aliphatic rings. The number of nitrogens with two attached hydrogens (primary N) is 1. The molecule has 0 aromatic heterocycles. The molecule has 3 N–H and O–H groups in total. The van der Waals surface area contributed by atoms with E-state index in [1.54, 1.807) is 0 Å². The molecule has 2 unspecified atom stereocenters. The summed E-state index contributed by atoms with van der Waals surface area (Å²) in [6.07, 6.45) is 3.75. The van der Waals surface area contributed by atoms with Crippen LogP contribution >= 0.6 is 0 Å². The summed E-state index contributed by atoms with van der Waals surface area (Å²) < 4.78 is 0. The lowest BCUT2D eigenvalue weighted by molar-refractivity contribution is 0.395. The number of hydrogen-bond donors (Lipinski definition) is 2. The maximum absolute atomic E-state index is 6.09. The topological polar surface area (TPSA) is 38.0 Å². The zero-order chi connectivity index (χ0) is 8.97. The van der Waals surface area contributed by atoms with E-state index in [1.807, 2.05) is 0 Å². The van der Waals surface area contributed by atoms with Gasteiger partial charge in [-0.3, -0.25) is 0 Å². The minimum atomic E-state index is 0.433. The molecule has 2 atom stereocenters. The van der Waals surface area contributed by atoms with Crippen LogP contribution in [0.15, 0.2) is 0 Å². The first-order chi connectivity index (χ1) is 5.70. The lowest BCUT2D eigenvalue weighted by atomic mass is 9.93. The Kier molecular flexibility index (Phi) is 4.02. The minimum Gasteiger partial charge on any atom is -0.327 e. The molecule has 1 fully saturated rings. The molecule has 0 aliphatic carbocycles. The highest BCUT2D eigenvalue weighted by Gasteiger charge is 2.21. The maximum atomic E-state index is 6.09. The highest BCUT2D eigenvalue weighted by molar-refractivity contribution is 4.80. The smallest absolute Gasteiger partial charge is 0.00798 e. The van der Waals surface area contributed by atoms with Crippen molar-refractivity contribution in [2.24, 2.45) is 17.6 Å². The standard InChI is InChI=1S/C10H22N2/c1-8(2)3-4-10(11)9-5-6-12-7-9/h8-10,12H,3-7,11H2,1-2H3. The summed E-state index contributed by atoms with van der Waals surface area (Å²) in [6.45, 7) is 6.83. The van der Waals surface area contributed by atoms with Gasteiger partial charge in [0.25, 0.3) is 0 Å². The number of rotatable bonds is 4. The van der Waals surface area contributed by atoms with Gasteiger partial charge in [0.2, 0.25) is 0 Å². The van der Waals surface area contributed by atoms with Crippen LogP contribution in [-0.4, -0.2) is 19.1 Å². The van der Waals surface area contributed by atoms with Crippen LogP contribution in [0.25, 0.3) is 0 Å². The fourth-order valence-electron chi connectivity index (χ4n) is 1.80. The zero-order valence-electron chi connectivity index (χ0n) is 8.34. The first kappa shape index (κ1) is 10.0. The predicted molar refractivity (Wildman–Crippen MR) is 53.0 cm³/mol. The Morgan fingerprint density at radius 3 is 2.67 bits per heavy atom. The van der Waals surface area contributed by atoms with Gasteiger partial charge < -0.3 is 11.1 Å². The Labute approximate surface area is 75.9 Å². The highest BCUT2D eigenvalue weighted by atomic mass is 14.9. The van der Waals surface area contributed by atoms with Gasteiger partial charge in [-0.2, -0.15) is 0 Å². The normalized spacial score (nSPS) is 26.5. The highest BCUT2D eigenvalue weighted by Crippen LogP contribution is 2.16. The summed E-state index contributed by atoms with van der Waals surface area (Å²) in [5.74, 6) is 1.54. The molecule has 2 nitrogen and oxygen atoms in total. The molecule has 0 aromatic rings. The largest absolute Gasteiger partial charge is 0.327 e. The van der Waals surface area contributed by atoms with Crippen molar-refractivity contribution in [1.82, 2.24) is 5.32 Å². The van der Waals surface area contributed by atoms with Gasteiger partial charge in [-0.1, -0.05) is 13.8 Å². The van der Waals surface area contributed by atoms with E-state index in [4.69, 9.17) is 5.73 Å². The van der Waals surface area contributed by atoms with Crippen molar-refractivity contribution in [3.8, 4) is 0 Å². The monoisotopic (exact) mass is 170 g/mol. The van der Waals surface area contributed by atoms with E-state index in [9.17, 15) is 0 Å². The Morgan fingerprint density at radius 1 is 1.42 bits per heavy atom. The van der Waals surface area contributed by atoms with Crippen LogP contribution in [0.1, 0.15) is 33.1 Å². The summed E-state index contributed by atoms with van der Waals surface area (Å²) in [7, 11) is 0. The Morgan fingerprint density at radius 2 is 2.17 bits per heavy atom. The molecular weight excluding hydrogens is 148 g/mol. The molecule has 1 heterocycles. The Balaban J connectivity index is 2.13. The van der Waals surface area contributed by atoms with Crippen molar-refractivity contribution in [2.75, 3.05) is 13.1 Å². The molecule has 72 valence electrons. The first-order valence-corrected chi connectivity index (χ1v) is 5.16. The second kappa shape index (κ2) is 4.83. The van der Waals surface area contributed by atoms with Crippen LogP contribution in [0.3, 0.4) is 0 Å². The lowest BCUT2D eigenvalue weighted by Gasteiger charge is -2.18. The third-order valence-corrected chi connectivity index (χ3v) is 2.78. The lowest BCUT2D eigenvalue weighted by Crippen LogP contribution is -2.31. The van der Waals surface area contributed by atoms with Gasteiger partial charge in [-0.15, -0.1) is 0 Å². The van der Waals surface area contributed by atoms with Crippen molar-refractivity contribution in [3.05, 3.63) is 0 Å². The van der Waals surface area contributed by atoms with Gasteiger partial charge in [0, 0.05) is 6.04 Å². The third-order valence-electron chi connectivity index (χ3n) is 2.78. The fraction of sp³-hybridized carbons (Fsp3) is 1.00. The van der Waals surface area contributed by atoms with Crippen LogP contribution in [0, 0.1) is 11.8 Å². The minimum absolute atomic E-state index is 0.433. The number of nitrogens with one attached hydrogen (secondary N) is 1. The van der Waals surface area contributed by atoms with Crippen molar-refractivity contribution in [1.29, 1.82) is 0 Å². The van der Waals surface area contributed by atoms with E-state index < -0.39 is 0 Å². The van der Waals surface area contributed by atoms with Crippen molar-refractivity contribution in [3.63, 3.8) is 0 Å². The quantitative estimate of drug-likeness (QED) is 0.668. The molecule has 0 spiro atoms. The van der Waals surface area contributed by atoms with Gasteiger partial charge in [0.1, 0.15) is 0 Å². The van der Waals surface area contributed by atoms with E-state index in [0.29, 0.717) is 6.04 Å². The maximum Gasteiger partial charge on any atom is 0.00798 e. The molecule has 0 saturated carbocycles. The zero-order valence-corrected chi connectivity index (χ0v) is 8.34. The van der Waals surface area contributed by atoms with Crippen molar-refractivity contribution < 1.29 is 0 Å². The summed E-state index contributed by atoms with van der Waals surface area (Å²) >= 11 is 0. The van der Waals surface area contributed by atoms with Crippen LogP contribution in [0.4, 0.5) is 0 Å². The van der Waals surface area contributed by atoms with E-state index in [0.717, 1.165) is 18.4 Å². The molecular formula is C10H22N2. The van der Waals surface area contributed by atoms with E-state index in [-0.39, 0.29) is 0 Å². The molecule has 12 heavy (non-hydrogen) atoms. The predicted octanol–water partition coefficient (Wildman–Crippen LogP) is 1.36. The van der Waals surface area contributed by atoms with Crippen LogP contribution in [0.5, 0.6) is 0 Å². The first-order valence-electron chi connectivity index (χ1n) is 5.16. The van der Waals surface area contributed by atoms with Gasteiger partial charge in [0.15, 0.2) is 0 Å². The van der Waals surface area contributed by atoms with E-state index in [1.165, 1.54) is 25.8 Å². The third kappa shape index (κ3) is 3.11. The van der Waals surface area contributed by atoms with Crippen molar-refractivity contribution >= 4 is 0 Å². The molecule has 0 bridgehead atoms. The molecule has 0 aromatic carbocycles. The van der Waals surface area contributed by atoms with E-state index in [2.05, 4.69) is 19.2 Å². The second-order valence-corrected chi connectivity index (χ2v) is 4.39. The summed E-state index contributed by atoms with van der Waals surface area (Å²) in [6, 6.07) is 0.433. The Hall–Kier alpha value is -0.0800. The molecule has 2 heteroatoms. The summed E-state index contributed by atoms with van der Waals surface area (Å²) in [4.78, 5) is 0.